The minimum absolute atomic E-state index is 0.219. The van der Waals surface area contributed by atoms with Gasteiger partial charge in [0.25, 0.3) is 0 Å². The molecule has 0 bridgehead atoms. The standard InChI is InChI=1S/C31H44F3N3O4/c1-23(31(32,33)34)20-25(21-35-2)36-29(38)37-18-11-12-24(22-37)30(39,17-9-10-19-40-3)27-15-7-8-16-28(27)41-26-13-5-4-6-14-26/h4-8,13-16,23-25,35,39H,9-12,17-22H2,1-3H3,(H,36,38)/t23?,24-,25+,30+/m1/s1. The molecular formula is C31H44F3N3O4. The van der Waals surface area contributed by atoms with E-state index in [2.05, 4.69) is 10.6 Å². The molecular weight excluding hydrogens is 535 g/mol. The average Bonchev–Trinajstić information content (AvgIpc) is 2.95. The van der Waals surface area contributed by atoms with Gasteiger partial charge in [0.05, 0.1) is 11.5 Å². The molecule has 1 saturated heterocycles. The van der Waals surface area contributed by atoms with Crippen molar-refractivity contribution in [3.63, 3.8) is 0 Å². The van der Waals surface area contributed by atoms with Gasteiger partial charge in [0.15, 0.2) is 0 Å². The average molecular weight is 580 g/mol. The molecule has 0 radical (unpaired) electrons. The molecule has 2 amide bonds. The molecule has 2 aromatic rings. The first kappa shape index (κ1) is 32.7. The van der Waals surface area contributed by atoms with Gasteiger partial charge in [-0.15, -0.1) is 0 Å². The Bertz CT molecular complexity index is 1070. The Balaban J connectivity index is 1.83. The number of likely N-dealkylation sites (N-methyl/N-ethyl adjacent to an activating group) is 1. The van der Waals surface area contributed by atoms with Gasteiger partial charge in [0, 0.05) is 50.9 Å². The molecule has 3 N–H and O–H groups in total. The highest BCUT2D eigenvalue weighted by molar-refractivity contribution is 5.74. The van der Waals surface area contributed by atoms with E-state index in [9.17, 15) is 23.1 Å². The topological polar surface area (TPSA) is 83.1 Å². The zero-order valence-electron chi connectivity index (χ0n) is 24.3. The smallest absolute Gasteiger partial charge is 0.391 e. The van der Waals surface area contributed by atoms with Crippen molar-refractivity contribution in [2.75, 3.05) is 40.4 Å². The van der Waals surface area contributed by atoms with Crippen molar-refractivity contribution < 1.29 is 32.5 Å². The normalized spacial score (nSPS) is 18.8. The van der Waals surface area contributed by atoms with Crippen LogP contribution in [0.4, 0.5) is 18.0 Å². The number of carbonyl (C=O) groups is 1. The number of ether oxygens (including phenoxy) is 2. The molecule has 228 valence electrons. The van der Waals surface area contributed by atoms with E-state index < -0.39 is 29.8 Å². The number of alkyl halides is 3. The molecule has 0 saturated carbocycles. The van der Waals surface area contributed by atoms with E-state index in [-0.39, 0.29) is 25.4 Å². The molecule has 1 aliphatic heterocycles. The quantitative estimate of drug-likeness (QED) is 0.236. The number of piperidine rings is 1. The second-order valence-corrected chi connectivity index (χ2v) is 11.0. The lowest BCUT2D eigenvalue weighted by molar-refractivity contribution is -0.172. The Morgan fingerprint density at radius 2 is 1.83 bits per heavy atom. The summed E-state index contributed by atoms with van der Waals surface area (Å²) in [6.45, 7) is 2.65. The molecule has 1 aliphatic rings. The van der Waals surface area contributed by atoms with Gasteiger partial charge in [-0.3, -0.25) is 0 Å². The summed E-state index contributed by atoms with van der Waals surface area (Å²) >= 11 is 0. The second-order valence-electron chi connectivity index (χ2n) is 11.0. The van der Waals surface area contributed by atoms with Crippen LogP contribution in [-0.2, 0) is 10.3 Å². The molecule has 41 heavy (non-hydrogen) atoms. The van der Waals surface area contributed by atoms with Gasteiger partial charge in [-0.25, -0.2) is 4.79 Å². The zero-order valence-corrected chi connectivity index (χ0v) is 24.3. The maximum atomic E-state index is 13.3. The van der Waals surface area contributed by atoms with Gasteiger partial charge in [-0.2, -0.15) is 13.2 Å². The van der Waals surface area contributed by atoms with Crippen LogP contribution in [0.15, 0.2) is 54.6 Å². The third-order valence-corrected chi connectivity index (χ3v) is 7.84. The van der Waals surface area contributed by atoms with Crippen molar-refractivity contribution >= 4 is 6.03 Å². The fourth-order valence-electron chi connectivity index (χ4n) is 5.55. The molecule has 1 heterocycles. The number of rotatable bonds is 14. The van der Waals surface area contributed by atoms with Gasteiger partial charge < -0.3 is 30.1 Å². The van der Waals surface area contributed by atoms with Crippen molar-refractivity contribution in [3.8, 4) is 11.5 Å². The minimum Gasteiger partial charge on any atom is -0.457 e. The number of para-hydroxylation sites is 2. The minimum atomic E-state index is -4.33. The van der Waals surface area contributed by atoms with Crippen LogP contribution < -0.4 is 15.4 Å². The predicted octanol–water partition coefficient (Wildman–Crippen LogP) is 6.08. The number of amides is 2. The number of likely N-dealkylation sites (tertiary alicyclic amines) is 1. The fraction of sp³-hybridized carbons (Fsp3) is 0.581. The van der Waals surface area contributed by atoms with E-state index in [0.717, 1.165) is 13.3 Å². The van der Waals surface area contributed by atoms with Crippen molar-refractivity contribution in [2.24, 2.45) is 11.8 Å². The van der Waals surface area contributed by atoms with Gasteiger partial charge in [0.1, 0.15) is 11.5 Å². The largest absolute Gasteiger partial charge is 0.457 e. The summed E-state index contributed by atoms with van der Waals surface area (Å²) in [6, 6.07) is 15.7. The number of halogens is 3. The van der Waals surface area contributed by atoms with Crippen molar-refractivity contribution in [1.29, 1.82) is 0 Å². The lowest BCUT2D eigenvalue weighted by atomic mass is 9.73. The van der Waals surface area contributed by atoms with Crippen molar-refractivity contribution in [1.82, 2.24) is 15.5 Å². The highest BCUT2D eigenvalue weighted by atomic mass is 19.4. The van der Waals surface area contributed by atoms with E-state index in [1.807, 2.05) is 54.6 Å². The number of unbranched alkanes of at least 4 members (excludes halogenated alkanes) is 1. The molecule has 1 unspecified atom stereocenters. The van der Waals surface area contributed by atoms with Crippen LogP contribution in [0.2, 0.25) is 0 Å². The maximum absolute atomic E-state index is 13.3. The molecule has 0 aromatic heterocycles. The van der Waals surface area contributed by atoms with Crippen LogP contribution in [0.1, 0.15) is 51.0 Å². The van der Waals surface area contributed by atoms with Crippen LogP contribution in [0, 0.1) is 11.8 Å². The Kier molecular flexibility index (Phi) is 12.3. The van der Waals surface area contributed by atoms with E-state index in [1.165, 1.54) is 0 Å². The maximum Gasteiger partial charge on any atom is 0.391 e. The third kappa shape index (κ3) is 9.34. The van der Waals surface area contributed by atoms with Gasteiger partial charge in [-0.1, -0.05) is 43.3 Å². The monoisotopic (exact) mass is 579 g/mol. The number of hydrogen-bond acceptors (Lipinski definition) is 5. The summed E-state index contributed by atoms with van der Waals surface area (Å²) in [5.74, 6) is -0.657. The predicted molar refractivity (Wildman–Crippen MR) is 153 cm³/mol. The molecule has 4 atom stereocenters. The third-order valence-electron chi connectivity index (χ3n) is 7.84. The van der Waals surface area contributed by atoms with Crippen molar-refractivity contribution in [3.05, 3.63) is 60.2 Å². The van der Waals surface area contributed by atoms with Crippen LogP contribution >= 0.6 is 0 Å². The number of nitrogens with zero attached hydrogens (tertiary/aromatic N) is 1. The molecule has 7 nitrogen and oxygen atoms in total. The Labute approximate surface area is 241 Å². The van der Waals surface area contributed by atoms with E-state index in [1.54, 1.807) is 19.1 Å². The summed E-state index contributed by atoms with van der Waals surface area (Å²) in [5, 5.41) is 18.1. The van der Waals surface area contributed by atoms with Gasteiger partial charge >= 0.3 is 12.2 Å². The fourth-order valence-corrected chi connectivity index (χ4v) is 5.55. The molecule has 2 aromatic carbocycles. The van der Waals surface area contributed by atoms with Crippen LogP contribution in [-0.4, -0.2) is 68.7 Å². The first-order valence-electron chi connectivity index (χ1n) is 14.4. The summed E-state index contributed by atoms with van der Waals surface area (Å²) in [5.41, 5.74) is -0.645. The second kappa shape index (κ2) is 15.4. The summed E-state index contributed by atoms with van der Waals surface area (Å²) < 4.78 is 51.1. The van der Waals surface area contributed by atoms with Crippen LogP contribution in [0.3, 0.4) is 0 Å². The highest BCUT2D eigenvalue weighted by Gasteiger charge is 2.43. The van der Waals surface area contributed by atoms with E-state index in [0.29, 0.717) is 55.9 Å². The Morgan fingerprint density at radius 1 is 1.12 bits per heavy atom. The molecule has 0 aliphatic carbocycles. The SMILES string of the molecule is CNC[C@H](CC(C)C(F)(F)F)NC(=O)N1CCC[C@@H]([C@@](O)(CCCCOC)c2ccccc2Oc2ccccc2)C1. The van der Waals surface area contributed by atoms with E-state index in [4.69, 9.17) is 9.47 Å². The Morgan fingerprint density at radius 3 is 2.51 bits per heavy atom. The number of methoxy groups -OCH3 is 1. The number of nitrogens with one attached hydrogen (secondary N) is 2. The molecule has 1 fully saturated rings. The number of urea groups is 1. The number of benzene rings is 2. The summed E-state index contributed by atoms with van der Waals surface area (Å²) in [6.07, 6.45) is -1.29. The lowest BCUT2D eigenvalue weighted by Crippen LogP contribution is -2.54. The highest BCUT2D eigenvalue weighted by Crippen LogP contribution is 2.44. The number of carbonyl (C=O) groups excluding carboxylic acids is 1. The van der Waals surface area contributed by atoms with Crippen LogP contribution in [0.5, 0.6) is 11.5 Å². The zero-order chi connectivity index (χ0) is 29.9. The number of aliphatic hydroxyl groups is 1. The van der Waals surface area contributed by atoms with Crippen molar-refractivity contribution in [2.45, 2.75) is 63.3 Å². The van der Waals surface area contributed by atoms with E-state index >= 15 is 0 Å². The summed E-state index contributed by atoms with van der Waals surface area (Å²) in [4.78, 5) is 14.9. The molecule has 3 rings (SSSR count). The van der Waals surface area contributed by atoms with Crippen LogP contribution in [0.25, 0.3) is 0 Å². The Hall–Kier alpha value is -2.82. The summed E-state index contributed by atoms with van der Waals surface area (Å²) in [7, 11) is 3.29. The number of hydrogen-bond donors (Lipinski definition) is 3. The first-order valence-corrected chi connectivity index (χ1v) is 14.4. The first-order chi connectivity index (χ1) is 19.6. The molecule has 10 heteroatoms. The van der Waals surface area contributed by atoms with Gasteiger partial charge in [0.2, 0.25) is 0 Å². The molecule has 0 spiro atoms. The lowest BCUT2D eigenvalue weighted by Gasteiger charge is -2.43. The van der Waals surface area contributed by atoms with Gasteiger partial charge in [-0.05, 0) is 63.8 Å².